The van der Waals surface area contributed by atoms with E-state index in [9.17, 15) is 4.79 Å². The van der Waals surface area contributed by atoms with Gasteiger partial charge in [0.15, 0.2) is 0 Å². The fraction of sp³-hybridized carbons (Fsp3) is 0.923. The van der Waals surface area contributed by atoms with Gasteiger partial charge in [0.2, 0.25) is 5.91 Å². The summed E-state index contributed by atoms with van der Waals surface area (Å²) in [5.74, 6) is 0.173. The maximum atomic E-state index is 12.0. The first-order valence-corrected chi connectivity index (χ1v) is 6.99. The van der Waals surface area contributed by atoms with Gasteiger partial charge in [-0.3, -0.25) is 9.69 Å². The second-order valence-corrected chi connectivity index (χ2v) is 5.44. The Labute approximate surface area is 104 Å². The zero-order valence-corrected chi connectivity index (χ0v) is 10.8. The number of nitrogens with two attached hydrogens (primary N) is 1. The third-order valence-corrected chi connectivity index (χ3v) is 3.92. The molecule has 4 nitrogen and oxygen atoms in total. The lowest BCUT2D eigenvalue weighted by Gasteiger charge is -2.19. The Kier molecular flexibility index (Phi) is 4.40. The van der Waals surface area contributed by atoms with Crippen LogP contribution in [-0.2, 0) is 4.79 Å². The van der Waals surface area contributed by atoms with Gasteiger partial charge >= 0.3 is 0 Å². The van der Waals surface area contributed by atoms with Crippen LogP contribution in [0.2, 0.25) is 0 Å². The van der Waals surface area contributed by atoms with Gasteiger partial charge in [-0.2, -0.15) is 0 Å². The summed E-state index contributed by atoms with van der Waals surface area (Å²) in [7, 11) is 0. The molecule has 1 aliphatic carbocycles. The van der Waals surface area contributed by atoms with Crippen molar-refractivity contribution in [3.05, 3.63) is 0 Å². The fourth-order valence-electron chi connectivity index (χ4n) is 2.70. The van der Waals surface area contributed by atoms with Crippen LogP contribution in [0, 0.1) is 5.92 Å². The maximum absolute atomic E-state index is 12.0. The van der Waals surface area contributed by atoms with Crippen LogP contribution >= 0.6 is 0 Å². The molecule has 4 heteroatoms. The lowest BCUT2D eigenvalue weighted by Crippen LogP contribution is -2.42. The molecule has 0 radical (unpaired) electrons. The van der Waals surface area contributed by atoms with Crippen LogP contribution in [0.4, 0.5) is 0 Å². The minimum atomic E-state index is 0.00924. The van der Waals surface area contributed by atoms with Crippen molar-refractivity contribution in [2.45, 2.75) is 51.1 Å². The van der Waals surface area contributed by atoms with Crippen molar-refractivity contribution in [3.63, 3.8) is 0 Å². The monoisotopic (exact) mass is 239 g/mol. The fourth-order valence-corrected chi connectivity index (χ4v) is 2.70. The molecule has 0 spiro atoms. The van der Waals surface area contributed by atoms with E-state index < -0.39 is 0 Å². The minimum Gasteiger partial charge on any atom is -0.352 e. The van der Waals surface area contributed by atoms with Crippen LogP contribution in [0.5, 0.6) is 0 Å². The molecule has 1 heterocycles. The first kappa shape index (κ1) is 12.8. The van der Waals surface area contributed by atoms with E-state index in [2.05, 4.69) is 17.1 Å². The largest absolute Gasteiger partial charge is 0.352 e. The van der Waals surface area contributed by atoms with E-state index in [0.29, 0.717) is 12.6 Å². The highest BCUT2D eigenvalue weighted by molar-refractivity contribution is 5.79. The Hall–Kier alpha value is -0.610. The zero-order valence-electron chi connectivity index (χ0n) is 10.8. The van der Waals surface area contributed by atoms with Crippen molar-refractivity contribution in [1.82, 2.24) is 10.2 Å². The smallest absolute Gasteiger partial charge is 0.224 e. The summed E-state index contributed by atoms with van der Waals surface area (Å²) in [5.41, 5.74) is 5.65. The molecule has 0 aromatic carbocycles. The van der Waals surface area contributed by atoms with Crippen LogP contribution in [0.15, 0.2) is 0 Å². The minimum absolute atomic E-state index is 0.00924. The van der Waals surface area contributed by atoms with E-state index in [0.717, 1.165) is 38.4 Å². The number of amides is 1. The lowest BCUT2D eigenvalue weighted by atomic mass is 10.0. The molecule has 2 unspecified atom stereocenters. The van der Waals surface area contributed by atoms with E-state index in [1.807, 2.05) is 0 Å². The average molecular weight is 239 g/mol. The van der Waals surface area contributed by atoms with E-state index >= 15 is 0 Å². The molecule has 3 N–H and O–H groups in total. The summed E-state index contributed by atoms with van der Waals surface area (Å²) in [6.07, 6.45) is 5.73. The molecule has 2 rings (SSSR count). The second-order valence-electron chi connectivity index (χ2n) is 5.44. The van der Waals surface area contributed by atoms with Crippen LogP contribution in [-0.4, -0.2) is 42.5 Å². The van der Waals surface area contributed by atoms with Crippen LogP contribution in [0.3, 0.4) is 0 Å². The van der Waals surface area contributed by atoms with Crippen molar-refractivity contribution in [2.75, 3.05) is 19.6 Å². The number of nitrogens with zero attached hydrogens (tertiary/aromatic N) is 1. The van der Waals surface area contributed by atoms with E-state index in [4.69, 9.17) is 5.73 Å². The molecule has 1 saturated carbocycles. The summed E-state index contributed by atoms with van der Waals surface area (Å²) in [4.78, 5) is 14.5. The highest BCUT2D eigenvalue weighted by atomic mass is 16.2. The molecular formula is C13H25N3O. The molecule has 1 saturated heterocycles. The highest BCUT2D eigenvalue weighted by Crippen LogP contribution is 2.29. The molecule has 0 aromatic heterocycles. The van der Waals surface area contributed by atoms with Gasteiger partial charge in [-0.1, -0.05) is 13.3 Å². The Morgan fingerprint density at radius 1 is 1.47 bits per heavy atom. The first-order valence-electron chi connectivity index (χ1n) is 6.99. The standard InChI is InChI=1S/C13H25N3O/c1-2-3-10(8-14)13(17)15-11-6-7-16(9-11)12-4-5-12/h10-12H,2-9,14H2,1H3,(H,15,17). The molecule has 98 valence electrons. The predicted molar refractivity (Wildman–Crippen MR) is 68.6 cm³/mol. The molecule has 17 heavy (non-hydrogen) atoms. The van der Waals surface area contributed by atoms with Crippen molar-refractivity contribution in [2.24, 2.45) is 11.7 Å². The topological polar surface area (TPSA) is 58.4 Å². The van der Waals surface area contributed by atoms with Crippen molar-refractivity contribution in [1.29, 1.82) is 0 Å². The average Bonchev–Trinajstić information content (AvgIpc) is 3.07. The molecule has 0 bridgehead atoms. The van der Waals surface area contributed by atoms with Crippen molar-refractivity contribution >= 4 is 5.91 Å². The number of nitrogens with one attached hydrogen (secondary N) is 1. The van der Waals surface area contributed by atoms with Gasteiger partial charge in [0.25, 0.3) is 0 Å². The van der Waals surface area contributed by atoms with E-state index in [1.54, 1.807) is 0 Å². The van der Waals surface area contributed by atoms with E-state index in [-0.39, 0.29) is 11.8 Å². The third-order valence-electron chi connectivity index (χ3n) is 3.92. The molecule has 1 amide bonds. The molecule has 2 aliphatic rings. The summed E-state index contributed by atoms with van der Waals surface area (Å²) >= 11 is 0. The van der Waals surface area contributed by atoms with Gasteiger partial charge in [0.05, 0.1) is 5.92 Å². The highest BCUT2D eigenvalue weighted by Gasteiger charge is 2.35. The van der Waals surface area contributed by atoms with Gasteiger partial charge in [-0.05, 0) is 25.7 Å². The maximum Gasteiger partial charge on any atom is 0.224 e. The SMILES string of the molecule is CCCC(CN)C(=O)NC1CCN(C2CC2)C1. The van der Waals surface area contributed by atoms with Gasteiger partial charge in [0.1, 0.15) is 0 Å². The predicted octanol–water partition coefficient (Wildman–Crippen LogP) is 0.714. The Morgan fingerprint density at radius 2 is 2.24 bits per heavy atom. The number of hydrogen-bond acceptors (Lipinski definition) is 3. The second kappa shape index (κ2) is 5.83. The number of hydrogen-bond donors (Lipinski definition) is 2. The van der Waals surface area contributed by atoms with Crippen molar-refractivity contribution < 1.29 is 4.79 Å². The van der Waals surface area contributed by atoms with Gasteiger partial charge in [-0.25, -0.2) is 0 Å². The van der Waals surface area contributed by atoms with Gasteiger partial charge < -0.3 is 11.1 Å². The molecule has 1 aliphatic heterocycles. The van der Waals surface area contributed by atoms with Gasteiger partial charge in [0, 0.05) is 31.7 Å². The molecule has 2 fully saturated rings. The molecule has 2 atom stereocenters. The number of carbonyl (C=O) groups excluding carboxylic acids is 1. The number of carbonyl (C=O) groups is 1. The van der Waals surface area contributed by atoms with Crippen molar-refractivity contribution in [3.8, 4) is 0 Å². The third kappa shape index (κ3) is 3.42. The Balaban J connectivity index is 1.74. The quantitative estimate of drug-likeness (QED) is 0.718. The number of likely N-dealkylation sites (tertiary alicyclic amines) is 1. The summed E-state index contributed by atoms with van der Waals surface area (Å²) in [6.45, 7) is 4.76. The summed E-state index contributed by atoms with van der Waals surface area (Å²) in [5, 5.41) is 3.17. The molecular weight excluding hydrogens is 214 g/mol. The summed E-state index contributed by atoms with van der Waals surface area (Å²) in [6, 6.07) is 1.17. The summed E-state index contributed by atoms with van der Waals surface area (Å²) < 4.78 is 0. The zero-order chi connectivity index (χ0) is 12.3. The Morgan fingerprint density at radius 3 is 2.82 bits per heavy atom. The van der Waals surface area contributed by atoms with Crippen LogP contribution < -0.4 is 11.1 Å². The number of rotatable bonds is 6. The van der Waals surface area contributed by atoms with Crippen LogP contribution in [0.25, 0.3) is 0 Å². The Bertz CT molecular complexity index is 265. The first-order chi connectivity index (χ1) is 8.24. The van der Waals surface area contributed by atoms with Crippen LogP contribution in [0.1, 0.15) is 39.0 Å². The molecule has 0 aromatic rings. The lowest BCUT2D eigenvalue weighted by molar-refractivity contribution is -0.125. The van der Waals surface area contributed by atoms with E-state index in [1.165, 1.54) is 12.8 Å². The van der Waals surface area contributed by atoms with Gasteiger partial charge in [-0.15, -0.1) is 0 Å². The normalized spacial score (nSPS) is 27.1.